The number of rotatable bonds is 5. The topological polar surface area (TPSA) is 85.9 Å². The highest BCUT2D eigenvalue weighted by atomic mass is 16.5. The van der Waals surface area contributed by atoms with Crippen LogP contribution >= 0.6 is 0 Å². The van der Waals surface area contributed by atoms with Crippen LogP contribution in [0.1, 0.15) is 30.6 Å². The van der Waals surface area contributed by atoms with Crippen molar-refractivity contribution in [2.75, 3.05) is 27.3 Å². The van der Waals surface area contributed by atoms with Gasteiger partial charge < -0.3 is 24.6 Å². The van der Waals surface area contributed by atoms with Crippen LogP contribution in [0.2, 0.25) is 0 Å². The highest BCUT2D eigenvalue weighted by Gasteiger charge is 2.49. The third kappa shape index (κ3) is 3.60. The molecule has 1 saturated heterocycles. The van der Waals surface area contributed by atoms with E-state index < -0.39 is 18.1 Å². The first-order chi connectivity index (χ1) is 16.4. The van der Waals surface area contributed by atoms with Crippen LogP contribution in [0.25, 0.3) is 22.0 Å². The number of fused-ring (bicyclic) bond motifs is 5. The number of hydrogen-bond donors (Lipinski definition) is 2. The number of benzene rings is 2. The molecule has 2 aromatic carbocycles. The summed E-state index contributed by atoms with van der Waals surface area (Å²) in [6.07, 6.45) is 0.462. The lowest BCUT2D eigenvalue weighted by molar-refractivity contribution is -0.156. The molecule has 5 rings (SSSR count). The van der Waals surface area contributed by atoms with Crippen LogP contribution in [-0.4, -0.2) is 71.2 Å². The van der Waals surface area contributed by atoms with Crippen LogP contribution in [0.3, 0.4) is 0 Å². The summed E-state index contributed by atoms with van der Waals surface area (Å²) in [5.74, 6) is -0.952. The Labute approximate surface area is 199 Å². The minimum Gasteiger partial charge on any atom is -0.393 e. The summed E-state index contributed by atoms with van der Waals surface area (Å²) < 4.78 is 5.04. The number of aliphatic hydroxyl groups excluding tert-OH is 1. The molecule has 178 valence electrons. The van der Waals surface area contributed by atoms with E-state index >= 15 is 0 Å². The third-order valence-corrected chi connectivity index (χ3v) is 7.50. The second-order valence-electron chi connectivity index (χ2n) is 9.42. The van der Waals surface area contributed by atoms with Gasteiger partial charge >= 0.3 is 0 Å². The van der Waals surface area contributed by atoms with Gasteiger partial charge in [-0.3, -0.25) is 9.59 Å². The van der Waals surface area contributed by atoms with E-state index in [1.54, 1.807) is 18.9 Å². The number of ether oxygens (including phenoxy) is 1. The van der Waals surface area contributed by atoms with Gasteiger partial charge in [-0.15, -0.1) is 0 Å². The summed E-state index contributed by atoms with van der Waals surface area (Å²) in [6, 6.07) is 16.0. The fourth-order valence-electron chi connectivity index (χ4n) is 5.83. The first-order valence-electron chi connectivity index (χ1n) is 11.8. The Balaban J connectivity index is 1.59. The molecule has 2 amide bonds. The maximum absolute atomic E-state index is 13.6. The third-order valence-electron chi connectivity index (χ3n) is 7.50. The molecule has 7 heteroatoms. The number of aromatic nitrogens is 1. The number of aromatic amines is 1. The van der Waals surface area contributed by atoms with Gasteiger partial charge in [-0.25, -0.2) is 0 Å². The number of nitrogens with one attached hydrogen (secondary N) is 1. The minimum atomic E-state index is -0.856. The van der Waals surface area contributed by atoms with Gasteiger partial charge in [0.25, 0.3) is 0 Å². The summed E-state index contributed by atoms with van der Waals surface area (Å²) in [4.78, 5) is 33.4. The molecule has 3 aromatic rings. The highest BCUT2D eigenvalue weighted by molar-refractivity contribution is 5.97. The van der Waals surface area contributed by atoms with Crippen molar-refractivity contribution >= 4 is 22.7 Å². The second kappa shape index (κ2) is 8.89. The molecule has 3 heterocycles. The molecule has 2 aliphatic rings. The van der Waals surface area contributed by atoms with Crippen LogP contribution in [0, 0.1) is 5.92 Å². The molecule has 0 saturated carbocycles. The average Bonchev–Trinajstić information content (AvgIpc) is 3.23. The standard InChI is InChI=1S/C27H31N3O4/c1-16(31)24-21(29(2)23(32)15-34-3)14-22-26-20(12-13-30(22)27(24)33)19-11-7-10-18(25(19)28-26)17-8-5-4-6-9-17/h4-11,16,21-22,24,28,31H,12-15H2,1-3H3/t16-,21-,22-,24-/m0/s1. The number of amides is 2. The molecule has 0 spiro atoms. The van der Waals surface area contributed by atoms with Gasteiger partial charge in [-0.2, -0.15) is 0 Å². The van der Waals surface area contributed by atoms with E-state index in [1.807, 2.05) is 23.1 Å². The van der Waals surface area contributed by atoms with Gasteiger partial charge in [0.1, 0.15) is 6.61 Å². The Morgan fingerprint density at radius 2 is 2.00 bits per heavy atom. The number of para-hydroxylation sites is 1. The number of likely N-dealkylation sites (N-methyl/N-ethyl adjacent to an activating group) is 1. The highest BCUT2D eigenvalue weighted by Crippen LogP contribution is 2.44. The first-order valence-corrected chi connectivity index (χ1v) is 11.8. The van der Waals surface area contributed by atoms with Crippen LogP contribution in [0.5, 0.6) is 0 Å². The summed E-state index contributed by atoms with van der Waals surface area (Å²) in [6.45, 7) is 2.18. The van der Waals surface area contributed by atoms with Crippen molar-refractivity contribution in [2.45, 2.75) is 38.0 Å². The Bertz CT molecular complexity index is 1220. The molecule has 7 nitrogen and oxygen atoms in total. The summed E-state index contributed by atoms with van der Waals surface area (Å²) in [5.41, 5.74) is 5.62. The normalized spacial score (nSPS) is 22.9. The second-order valence-corrected chi connectivity index (χ2v) is 9.42. The van der Waals surface area contributed by atoms with Crippen molar-refractivity contribution in [2.24, 2.45) is 5.92 Å². The molecule has 34 heavy (non-hydrogen) atoms. The fourth-order valence-corrected chi connectivity index (χ4v) is 5.83. The van der Waals surface area contributed by atoms with Crippen LogP contribution < -0.4 is 0 Å². The maximum Gasteiger partial charge on any atom is 0.248 e. The molecule has 1 fully saturated rings. The lowest BCUT2D eigenvalue weighted by Crippen LogP contribution is -2.60. The van der Waals surface area contributed by atoms with Gasteiger partial charge in [-0.05, 0) is 30.9 Å². The average molecular weight is 462 g/mol. The van der Waals surface area contributed by atoms with Crippen molar-refractivity contribution in [1.82, 2.24) is 14.8 Å². The first kappa shape index (κ1) is 22.6. The van der Waals surface area contributed by atoms with Crippen LogP contribution in [-0.2, 0) is 20.7 Å². The number of hydrogen-bond acceptors (Lipinski definition) is 4. The predicted octanol–water partition coefficient (Wildman–Crippen LogP) is 3.13. The smallest absolute Gasteiger partial charge is 0.248 e. The molecule has 0 unspecified atom stereocenters. The van der Waals surface area contributed by atoms with Crippen molar-refractivity contribution < 1.29 is 19.4 Å². The largest absolute Gasteiger partial charge is 0.393 e. The van der Waals surface area contributed by atoms with Gasteiger partial charge in [0.05, 0.1) is 23.6 Å². The quantitative estimate of drug-likeness (QED) is 0.611. The number of piperidine rings is 1. The number of methoxy groups -OCH3 is 1. The van der Waals surface area contributed by atoms with Gasteiger partial charge in [0.2, 0.25) is 11.8 Å². The SMILES string of the molecule is COCC(=O)N(C)[C@H]1C[C@H]2c3[nH]c4c(-c5ccccc5)cccc4c3CCN2C(=O)[C@H]1[C@H](C)O. The lowest BCUT2D eigenvalue weighted by Gasteiger charge is -2.48. The monoisotopic (exact) mass is 461 g/mol. The van der Waals surface area contributed by atoms with Crippen molar-refractivity contribution in [1.29, 1.82) is 0 Å². The zero-order valence-corrected chi connectivity index (χ0v) is 19.8. The fraction of sp³-hybridized carbons (Fsp3) is 0.407. The van der Waals surface area contributed by atoms with Gasteiger partial charge in [0, 0.05) is 43.4 Å². The zero-order chi connectivity index (χ0) is 24.0. The summed E-state index contributed by atoms with van der Waals surface area (Å²) in [5, 5.41) is 11.7. The predicted molar refractivity (Wildman–Crippen MR) is 130 cm³/mol. The molecular formula is C27H31N3O4. The number of carbonyl (C=O) groups excluding carboxylic acids is 2. The number of H-pyrrole nitrogens is 1. The molecule has 0 radical (unpaired) electrons. The van der Waals surface area contributed by atoms with E-state index in [4.69, 9.17) is 4.74 Å². The van der Waals surface area contributed by atoms with Crippen molar-refractivity contribution in [3.63, 3.8) is 0 Å². The maximum atomic E-state index is 13.6. The Hall–Kier alpha value is -3.16. The number of carbonyl (C=O) groups is 2. The van der Waals surface area contributed by atoms with E-state index in [0.29, 0.717) is 13.0 Å². The molecule has 2 N–H and O–H groups in total. The van der Waals surface area contributed by atoms with Gasteiger partial charge in [-0.1, -0.05) is 48.5 Å². The molecular weight excluding hydrogens is 430 g/mol. The van der Waals surface area contributed by atoms with Crippen molar-refractivity contribution in [3.8, 4) is 11.1 Å². The molecule has 0 aliphatic carbocycles. The molecule has 4 atom stereocenters. The number of aliphatic hydroxyl groups is 1. The van der Waals surface area contributed by atoms with Crippen LogP contribution in [0.15, 0.2) is 48.5 Å². The Morgan fingerprint density at radius 3 is 2.71 bits per heavy atom. The van der Waals surface area contributed by atoms with Crippen LogP contribution in [0.4, 0.5) is 0 Å². The van der Waals surface area contributed by atoms with Gasteiger partial charge in [0.15, 0.2) is 0 Å². The molecule has 0 bridgehead atoms. The minimum absolute atomic E-state index is 0.0554. The zero-order valence-electron chi connectivity index (χ0n) is 19.8. The lowest BCUT2D eigenvalue weighted by atomic mass is 9.79. The van der Waals surface area contributed by atoms with E-state index in [-0.39, 0.29) is 24.5 Å². The van der Waals surface area contributed by atoms with E-state index in [9.17, 15) is 14.7 Å². The van der Waals surface area contributed by atoms with Crippen molar-refractivity contribution in [3.05, 3.63) is 59.8 Å². The summed E-state index contributed by atoms with van der Waals surface area (Å²) >= 11 is 0. The summed E-state index contributed by atoms with van der Waals surface area (Å²) in [7, 11) is 3.18. The Morgan fingerprint density at radius 1 is 1.24 bits per heavy atom. The van der Waals surface area contributed by atoms with E-state index in [0.717, 1.165) is 28.8 Å². The Kier molecular flexibility index (Phi) is 5.91. The molecule has 1 aromatic heterocycles. The van der Waals surface area contributed by atoms with E-state index in [2.05, 4.69) is 35.3 Å². The number of nitrogens with zero attached hydrogens (tertiary/aromatic N) is 2. The van der Waals surface area contributed by atoms with E-state index in [1.165, 1.54) is 18.1 Å². The molecule has 2 aliphatic heterocycles.